The molecular weight excluding hydrogens is 1460 g/mol. The van der Waals surface area contributed by atoms with Crippen molar-refractivity contribution in [3.8, 4) is 0 Å². The predicted molar refractivity (Wildman–Crippen MR) is 486 cm³/mol. The van der Waals surface area contributed by atoms with E-state index in [1.54, 1.807) is 4.90 Å². The van der Waals surface area contributed by atoms with Crippen molar-refractivity contribution in [2.45, 2.75) is 540 Å². The highest BCUT2D eigenvalue weighted by Gasteiger charge is 2.52. The average molecular weight is 1650 g/mol. The van der Waals surface area contributed by atoms with E-state index in [2.05, 4.69) is 256 Å². The van der Waals surface area contributed by atoms with Gasteiger partial charge in [-0.05, 0) is 322 Å². The van der Waals surface area contributed by atoms with Gasteiger partial charge in [-0.1, -0.05) is 78.6 Å². The maximum Gasteiger partial charge on any atom is 0.306 e. The fraction of sp³-hybridized carbons (Fsp3) is 0.938. The van der Waals surface area contributed by atoms with Gasteiger partial charge in [0.1, 0.15) is 12.2 Å². The fourth-order valence-electron chi connectivity index (χ4n) is 23.7. The summed E-state index contributed by atoms with van der Waals surface area (Å²) in [6, 6.07) is 1.93. The zero-order valence-corrected chi connectivity index (χ0v) is 81.5. The lowest BCUT2D eigenvalue weighted by Gasteiger charge is -2.49. The number of unbranched alkanes of at least 4 members (excludes halogenated alkanes) is 11. The van der Waals surface area contributed by atoms with Gasteiger partial charge in [-0.3, -0.25) is 33.7 Å². The second-order valence-electron chi connectivity index (χ2n) is 47.9. The number of rotatable bonds is 35. The van der Waals surface area contributed by atoms with Crippen LogP contribution < -0.4 is 47.9 Å². The summed E-state index contributed by atoms with van der Waals surface area (Å²) in [5.41, 5.74) is 0.952. The van der Waals surface area contributed by atoms with Gasteiger partial charge < -0.3 is 67.1 Å². The van der Waals surface area contributed by atoms with E-state index < -0.39 is 0 Å². The van der Waals surface area contributed by atoms with Crippen LogP contribution in [0.25, 0.3) is 0 Å². The minimum absolute atomic E-state index is 0.000484. The Morgan fingerprint density at radius 3 is 0.932 bits per heavy atom. The molecule has 8 aliphatic heterocycles. The third-order valence-electron chi connectivity index (χ3n) is 26.1. The van der Waals surface area contributed by atoms with Crippen molar-refractivity contribution in [3.05, 3.63) is 0 Å². The molecule has 0 aromatic rings. The molecule has 117 heavy (non-hydrogen) atoms. The van der Waals surface area contributed by atoms with Gasteiger partial charge in [0.05, 0.1) is 5.92 Å². The van der Waals surface area contributed by atoms with E-state index in [4.69, 9.17) is 9.47 Å². The second-order valence-corrected chi connectivity index (χ2v) is 47.9. The molecule has 0 aromatic carbocycles. The molecule has 8 rings (SSSR count). The molecule has 3 atom stereocenters. The van der Waals surface area contributed by atoms with E-state index in [0.29, 0.717) is 42.9 Å². The Morgan fingerprint density at radius 2 is 0.641 bits per heavy atom. The summed E-state index contributed by atoms with van der Waals surface area (Å²) in [6.07, 6.45) is 34.5. The number of hydrogen-bond acceptors (Lipinski definition) is 17. The number of likely N-dealkylation sites (tertiary alicyclic amines) is 1. The van der Waals surface area contributed by atoms with Crippen LogP contribution in [0.5, 0.6) is 0 Å². The van der Waals surface area contributed by atoms with Gasteiger partial charge in [0.2, 0.25) is 24.6 Å². The van der Waals surface area contributed by atoms with Gasteiger partial charge in [-0.2, -0.15) is 0 Å². The van der Waals surface area contributed by atoms with Crippen LogP contribution in [-0.4, -0.2) is 197 Å². The SMILES string of the molecule is CC1(C)CC(N(C=O)CCCCCCN(C=O)C2CC(C)(C)NC(C)(C)C2)CC(C)(C)N1.CC1(C)CC(NCCCCCCNC2CC(C)(C)NC(C)(C)C2)CC(C)(C)N1.CC1(C)CC(OC(=O)CCCCCCCCC(=O)OC2CC(C)(C)NC(C)(C)C2)CC(C)(C)N1.CCC(C)CC1C(=O)N(C2CC(C)(C)NC(C)(C)C2)C(=O)C1C. The molecule has 0 aromatic heterocycles. The lowest BCUT2D eigenvalue weighted by atomic mass is 9.79. The topological polar surface area (TPSA) is 239 Å². The van der Waals surface area contributed by atoms with E-state index in [9.17, 15) is 28.8 Å². The van der Waals surface area contributed by atoms with Crippen molar-refractivity contribution in [3.63, 3.8) is 0 Å². The van der Waals surface area contributed by atoms with E-state index in [0.717, 1.165) is 167 Å². The Hall–Kier alpha value is -3.34. The van der Waals surface area contributed by atoms with Crippen molar-refractivity contribution in [1.82, 2.24) is 62.6 Å². The van der Waals surface area contributed by atoms with Crippen LogP contribution in [0, 0.1) is 17.8 Å². The molecule has 0 radical (unpaired) electrons. The molecule has 0 spiro atoms. The van der Waals surface area contributed by atoms with Crippen molar-refractivity contribution in [2.75, 3.05) is 26.2 Å². The van der Waals surface area contributed by atoms with Gasteiger partial charge in [0, 0.05) is 165 Å². The first-order valence-electron chi connectivity index (χ1n) is 47.2. The minimum atomic E-state index is -0.169. The van der Waals surface area contributed by atoms with Crippen LogP contribution in [0.4, 0.5) is 0 Å². The summed E-state index contributed by atoms with van der Waals surface area (Å²) in [5, 5.41) is 33.5. The third-order valence-corrected chi connectivity index (χ3v) is 26.1. The number of hydrogen-bond donors (Lipinski definition) is 9. The molecule has 682 valence electrons. The Balaban J connectivity index is 0.000000281. The number of esters is 2. The highest BCUT2D eigenvalue weighted by Crippen LogP contribution is 2.41. The maximum atomic E-state index is 13.0. The normalized spacial score (nSPS) is 26.5. The van der Waals surface area contributed by atoms with E-state index in [1.165, 1.54) is 64.5 Å². The number of piperidine rings is 7. The summed E-state index contributed by atoms with van der Waals surface area (Å²) in [6.45, 7) is 72.7. The highest BCUT2D eigenvalue weighted by atomic mass is 16.5. The van der Waals surface area contributed by atoms with Crippen LogP contribution in [-0.2, 0) is 38.2 Å². The lowest BCUT2D eigenvalue weighted by Crippen LogP contribution is -2.63. The molecule has 8 heterocycles. The molecule has 20 nitrogen and oxygen atoms in total. The van der Waals surface area contributed by atoms with Gasteiger partial charge >= 0.3 is 11.9 Å². The number of nitrogens with one attached hydrogen (secondary N) is 9. The first kappa shape index (κ1) is 104. The molecule has 3 unspecified atom stereocenters. The van der Waals surface area contributed by atoms with Crippen molar-refractivity contribution in [1.29, 1.82) is 0 Å². The van der Waals surface area contributed by atoms with Crippen molar-refractivity contribution in [2.24, 2.45) is 17.8 Å². The first-order valence-corrected chi connectivity index (χ1v) is 47.2. The molecule has 8 fully saturated rings. The fourth-order valence-corrected chi connectivity index (χ4v) is 23.7. The minimum Gasteiger partial charge on any atom is -0.462 e. The third kappa shape index (κ3) is 38.4. The van der Waals surface area contributed by atoms with Crippen LogP contribution in [0.2, 0.25) is 0 Å². The molecule has 4 amide bonds. The van der Waals surface area contributed by atoms with Crippen molar-refractivity contribution < 1.29 is 38.2 Å². The molecule has 0 bridgehead atoms. The molecule has 0 aliphatic carbocycles. The summed E-state index contributed by atoms with van der Waals surface area (Å²) in [7, 11) is 0. The zero-order valence-electron chi connectivity index (χ0n) is 81.5. The highest BCUT2D eigenvalue weighted by molar-refractivity contribution is 6.05. The number of carbonyl (C=O) groups excluding carboxylic acids is 6. The summed E-state index contributed by atoms with van der Waals surface area (Å²) in [5.74, 6) is 0.176. The maximum absolute atomic E-state index is 13.0. The Kier molecular flexibility index (Phi) is 38.3. The monoisotopic (exact) mass is 1650 g/mol. The smallest absolute Gasteiger partial charge is 0.306 e. The van der Waals surface area contributed by atoms with Crippen LogP contribution in [0.15, 0.2) is 0 Å². The number of imide groups is 1. The molecule has 20 heteroatoms. The van der Waals surface area contributed by atoms with E-state index in [1.807, 2.05) is 16.7 Å². The number of carbonyl (C=O) groups is 6. The number of ether oxygens (including phenoxy) is 2. The van der Waals surface area contributed by atoms with Gasteiger partial charge in [0.15, 0.2) is 0 Å². The first-order chi connectivity index (χ1) is 53.5. The molecule has 9 N–H and O–H groups in total. The zero-order chi connectivity index (χ0) is 88.5. The molecule has 8 aliphatic rings. The van der Waals surface area contributed by atoms with Crippen molar-refractivity contribution >= 4 is 36.6 Å². The van der Waals surface area contributed by atoms with E-state index >= 15 is 0 Å². The number of amides is 4. The standard InChI is InChI=1S/C28H52N2O4.C26H50N4O2.C24H50N4.C19H34N2O2/c1-25(2)17-21(18-26(3,4)29-25)33-23(31)15-13-11-9-10-12-14-16-24(32)34-22-19-27(5,6)30-28(7,8)20-22;1-23(2)15-21(16-24(3,4)27-23)29(19-31)13-11-9-10-12-14-30(20-32)22-17-25(5,6)28-26(7,8)18-22;1-21(2)15-19(16-22(3,4)27-21)25-13-11-9-10-12-14-26-20-17-23(5,6)28-24(7,8)18-20;1-8-12(2)9-15-13(3)16(22)21(17(15)23)14-10-18(4,5)20-19(6,7)11-14/h21-22,29-30H,9-20H2,1-8H3;19-22,27-28H,9-18H2,1-8H3;19-20,25-28H,9-18H2,1-8H3;12-15,20H,8-11H2,1-7H3. The number of nitrogens with zero attached hydrogens (tertiary/aromatic N) is 3. The second kappa shape index (κ2) is 43.0. The lowest BCUT2D eigenvalue weighted by molar-refractivity contribution is -0.154. The molecule has 8 saturated heterocycles. The largest absolute Gasteiger partial charge is 0.462 e. The van der Waals surface area contributed by atoms with Crippen LogP contribution >= 0.6 is 0 Å². The predicted octanol–water partition coefficient (Wildman–Crippen LogP) is 17.6. The van der Waals surface area contributed by atoms with Crippen LogP contribution in [0.1, 0.15) is 420 Å². The Morgan fingerprint density at radius 1 is 0.385 bits per heavy atom. The quantitative estimate of drug-likeness (QED) is 0.0124. The average Bonchev–Trinajstić information content (AvgIpc) is 1.63. The Bertz CT molecular complexity index is 2810. The molecule has 0 saturated carbocycles. The summed E-state index contributed by atoms with van der Waals surface area (Å²) < 4.78 is 11.6. The van der Waals surface area contributed by atoms with Gasteiger partial charge in [-0.25, -0.2) is 0 Å². The van der Waals surface area contributed by atoms with Gasteiger partial charge in [-0.15, -0.1) is 0 Å². The van der Waals surface area contributed by atoms with E-state index in [-0.39, 0.29) is 131 Å². The summed E-state index contributed by atoms with van der Waals surface area (Å²) in [4.78, 5) is 79.7. The summed E-state index contributed by atoms with van der Waals surface area (Å²) >= 11 is 0. The van der Waals surface area contributed by atoms with Gasteiger partial charge in [0.25, 0.3) is 0 Å². The Labute approximate surface area is 717 Å². The van der Waals surface area contributed by atoms with Crippen LogP contribution in [0.3, 0.4) is 0 Å². The molecular formula is C97H186N12O8.